The summed E-state index contributed by atoms with van der Waals surface area (Å²) in [6.45, 7) is 3.52. The first-order valence-corrected chi connectivity index (χ1v) is 10.8. The molecule has 2 atom stereocenters. The van der Waals surface area contributed by atoms with Crippen LogP contribution in [0, 0.1) is 0 Å². The second-order valence-electron chi connectivity index (χ2n) is 6.86. The maximum absolute atomic E-state index is 12.2. The number of rotatable bonds is 6. The van der Waals surface area contributed by atoms with Crippen molar-refractivity contribution in [2.24, 2.45) is 0 Å². The molecule has 27 heavy (non-hydrogen) atoms. The molecule has 1 aliphatic heterocycles. The van der Waals surface area contributed by atoms with Gasteiger partial charge in [0, 0.05) is 17.0 Å². The summed E-state index contributed by atoms with van der Waals surface area (Å²) in [7, 11) is -3.08. The molecule has 1 fully saturated rings. The predicted molar refractivity (Wildman–Crippen MR) is 100 cm³/mol. The van der Waals surface area contributed by atoms with Gasteiger partial charge in [-0.25, -0.2) is 8.42 Å². The van der Waals surface area contributed by atoms with Crippen molar-refractivity contribution in [3.8, 4) is 0 Å². The SMILES string of the molecule is CCc1ccc2c(CC(=O)O[C@@H](C)C(=O)N[C@@H]3CCS(=O)(=O)C3)coc2c1. The van der Waals surface area contributed by atoms with Crippen molar-refractivity contribution < 1.29 is 27.2 Å². The van der Waals surface area contributed by atoms with Gasteiger partial charge in [-0.05, 0) is 31.4 Å². The number of ether oxygens (including phenoxy) is 1. The van der Waals surface area contributed by atoms with Crippen LogP contribution in [0.5, 0.6) is 0 Å². The van der Waals surface area contributed by atoms with Crippen molar-refractivity contribution in [3.05, 3.63) is 35.6 Å². The van der Waals surface area contributed by atoms with E-state index in [1.54, 1.807) is 0 Å². The van der Waals surface area contributed by atoms with E-state index in [0.717, 1.165) is 17.4 Å². The summed E-state index contributed by atoms with van der Waals surface area (Å²) in [6.07, 6.45) is 1.80. The third kappa shape index (κ3) is 4.68. The number of carbonyl (C=O) groups is 2. The smallest absolute Gasteiger partial charge is 0.311 e. The lowest BCUT2D eigenvalue weighted by molar-refractivity contribution is -0.154. The van der Waals surface area contributed by atoms with Crippen LogP contribution in [0.25, 0.3) is 11.0 Å². The zero-order chi connectivity index (χ0) is 19.6. The molecule has 0 bridgehead atoms. The van der Waals surface area contributed by atoms with Gasteiger partial charge in [0.25, 0.3) is 5.91 Å². The van der Waals surface area contributed by atoms with E-state index in [2.05, 4.69) is 12.2 Å². The van der Waals surface area contributed by atoms with Crippen LogP contribution in [0.15, 0.2) is 28.9 Å². The lowest BCUT2D eigenvalue weighted by Gasteiger charge is -2.16. The maximum atomic E-state index is 12.2. The summed E-state index contributed by atoms with van der Waals surface area (Å²) in [5.74, 6) is -1.03. The third-order valence-electron chi connectivity index (χ3n) is 4.72. The van der Waals surface area contributed by atoms with E-state index in [0.29, 0.717) is 17.6 Å². The van der Waals surface area contributed by atoms with Gasteiger partial charge in [-0.1, -0.05) is 19.1 Å². The number of hydrogen-bond donors (Lipinski definition) is 1. The molecule has 0 saturated carbocycles. The number of esters is 1. The Morgan fingerprint density at radius 2 is 2.15 bits per heavy atom. The number of furan rings is 1. The number of nitrogens with one attached hydrogen (secondary N) is 1. The molecule has 0 radical (unpaired) electrons. The molecule has 1 aromatic heterocycles. The molecule has 1 N–H and O–H groups in total. The zero-order valence-electron chi connectivity index (χ0n) is 15.4. The summed E-state index contributed by atoms with van der Waals surface area (Å²) in [5, 5.41) is 3.47. The van der Waals surface area contributed by atoms with Gasteiger partial charge in [-0.2, -0.15) is 0 Å². The van der Waals surface area contributed by atoms with Gasteiger partial charge in [0.1, 0.15) is 5.58 Å². The molecule has 1 saturated heterocycles. The van der Waals surface area contributed by atoms with Crippen molar-refractivity contribution in [2.45, 2.75) is 45.3 Å². The number of aryl methyl sites for hydroxylation is 1. The van der Waals surface area contributed by atoms with Gasteiger partial charge in [-0.15, -0.1) is 0 Å². The fourth-order valence-corrected chi connectivity index (χ4v) is 4.83. The minimum Gasteiger partial charge on any atom is -0.464 e. The Labute approximate surface area is 158 Å². The number of hydrogen-bond acceptors (Lipinski definition) is 6. The highest BCUT2D eigenvalue weighted by molar-refractivity contribution is 7.91. The summed E-state index contributed by atoms with van der Waals surface area (Å²) in [4.78, 5) is 24.3. The highest BCUT2D eigenvalue weighted by Gasteiger charge is 2.30. The number of sulfone groups is 1. The highest BCUT2D eigenvalue weighted by Crippen LogP contribution is 2.23. The quantitative estimate of drug-likeness (QED) is 0.751. The Balaban J connectivity index is 1.56. The molecule has 3 rings (SSSR count). The Kier molecular flexibility index (Phi) is 5.55. The topological polar surface area (TPSA) is 103 Å². The molecule has 146 valence electrons. The van der Waals surface area contributed by atoms with Crippen molar-refractivity contribution in [1.29, 1.82) is 0 Å². The largest absolute Gasteiger partial charge is 0.464 e. The standard InChI is InChI=1S/C19H23NO6S/c1-3-13-4-5-16-14(10-25-17(16)8-13)9-18(21)26-12(2)19(22)20-15-6-7-27(23,24)11-15/h4-5,8,10,12,15H,3,6-7,9,11H2,1-2H3,(H,20,22)/t12-,15+/m0/s1. The van der Waals surface area contributed by atoms with Gasteiger partial charge >= 0.3 is 5.97 Å². The van der Waals surface area contributed by atoms with Crippen LogP contribution in [-0.2, 0) is 37.0 Å². The van der Waals surface area contributed by atoms with Gasteiger partial charge < -0.3 is 14.5 Å². The molecule has 7 nitrogen and oxygen atoms in total. The maximum Gasteiger partial charge on any atom is 0.311 e. The molecule has 1 amide bonds. The Morgan fingerprint density at radius 3 is 2.81 bits per heavy atom. The summed E-state index contributed by atoms with van der Waals surface area (Å²) < 4.78 is 33.6. The van der Waals surface area contributed by atoms with Crippen molar-refractivity contribution in [3.63, 3.8) is 0 Å². The lowest BCUT2D eigenvalue weighted by atomic mass is 10.1. The number of carbonyl (C=O) groups excluding carboxylic acids is 2. The second-order valence-corrected chi connectivity index (χ2v) is 9.09. The fourth-order valence-electron chi connectivity index (χ4n) is 3.16. The van der Waals surface area contributed by atoms with E-state index >= 15 is 0 Å². The Hall–Kier alpha value is -2.35. The van der Waals surface area contributed by atoms with Crippen molar-refractivity contribution in [1.82, 2.24) is 5.32 Å². The fraction of sp³-hybridized carbons (Fsp3) is 0.474. The van der Waals surface area contributed by atoms with E-state index < -0.39 is 33.9 Å². The van der Waals surface area contributed by atoms with Crippen LogP contribution in [0.3, 0.4) is 0 Å². The average molecular weight is 393 g/mol. The van der Waals surface area contributed by atoms with E-state index in [1.807, 2.05) is 18.2 Å². The molecule has 0 aliphatic carbocycles. The number of amides is 1. The lowest BCUT2D eigenvalue weighted by Crippen LogP contribution is -2.42. The normalized spacial score (nSPS) is 19.7. The molecular formula is C19H23NO6S. The summed E-state index contributed by atoms with van der Waals surface area (Å²) >= 11 is 0. The van der Waals surface area contributed by atoms with Crippen LogP contribution < -0.4 is 5.32 Å². The van der Waals surface area contributed by atoms with Gasteiger partial charge in [-0.3, -0.25) is 9.59 Å². The third-order valence-corrected chi connectivity index (χ3v) is 6.49. The molecule has 0 unspecified atom stereocenters. The first kappa shape index (κ1) is 19.4. The monoisotopic (exact) mass is 393 g/mol. The predicted octanol–water partition coefficient (Wildman–Crippen LogP) is 1.77. The van der Waals surface area contributed by atoms with Crippen LogP contribution >= 0.6 is 0 Å². The number of fused-ring (bicyclic) bond motifs is 1. The molecule has 1 aromatic carbocycles. The molecule has 2 heterocycles. The molecule has 2 aromatic rings. The van der Waals surface area contributed by atoms with E-state index in [4.69, 9.17) is 9.15 Å². The molecule has 8 heteroatoms. The van der Waals surface area contributed by atoms with Crippen molar-refractivity contribution >= 4 is 32.7 Å². The summed E-state index contributed by atoms with van der Waals surface area (Å²) in [5.41, 5.74) is 2.56. The highest BCUT2D eigenvalue weighted by atomic mass is 32.2. The molecule has 1 aliphatic rings. The van der Waals surface area contributed by atoms with Gasteiger partial charge in [0.05, 0.1) is 24.2 Å². The van der Waals surface area contributed by atoms with E-state index in [9.17, 15) is 18.0 Å². The molecular weight excluding hydrogens is 370 g/mol. The van der Waals surface area contributed by atoms with E-state index in [-0.39, 0.29) is 17.9 Å². The van der Waals surface area contributed by atoms with Gasteiger partial charge in [0.15, 0.2) is 15.9 Å². The Morgan fingerprint density at radius 1 is 1.37 bits per heavy atom. The average Bonchev–Trinajstić information content (AvgIpc) is 3.16. The van der Waals surface area contributed by atoms with E-state index in [1.165, 1.54) is 13.2 Å². The van der Waals surface area contributed by atoms with Crippen LogP contribution in [0.4, 0.5) is 0 Å². The van der Waals surface area contributed by atoms with Crippen LogP contribution in [-0.4, -0.2) is 43.9 Å². The molecule has 0 spiro atoms. The Bertz CT molecular complexity index is 962. The number of benzene rings is 1. The van der Waals surface area contributed by atoms with Crippen LogP contribution in [0.1, 0.15) is 31.4 Å². The van der Waals surface area contributed by atoms with Gasteiger partial charge in [0.2, 0.25) is 0 Å². The zero-order valence-corrected chi connectivity index (χ0v) is 16.2. The minimum atomic E-state index is -3.08. The summed E-state index contributed by atoms with van der Waals surface area (Å²) in [6, 6.07) is 5.42. The first-order chi connectivity index (χ1) is 12.8. The van der Waals surface area contributed by atoms with Crippen molar-refractivity contribution in [2.75, 3.05) is 11.5 Å². The first-order valence-electron chi connectivity index (χ1n) is 8.96. The van der Waals surface area contributed by atoms with Crippen LogP contribution in [0.2, 0.25) is 0 Å². The second kappa shape index (κ2) is 7.72. The minimum absolute atomic E-state index is 0.00605.